The zero-order valence-electron chi connectivity index (χ0n) is 19.5. The molecule has 0 spiro atoms. The Balaban J connectivity index is 1.52. The van der Waals surface area contributed by atoms with Crippen LogP contribution in [-0.4, -0.2) is 20.1 Å². The number of hydrogen-bond acceptors (Lipinski definition) is 2. The van der Waals surface area contributed by atoms with Crippen molar-refractivity contribution in [3.63, 3.8) is 0 Å². The third kappa shape index (κ3) is 2.77. The predicted octanol–water partition coefficient (Wildman–Crippen LogP) is 6.80. The van der Waals surface area contributed by atoms with E-state index < -0.39 is 0 Å². The number of anilines is 2. The monoisotopic (exact) mass is 408 g/mol. The van der Waals surface area contributed by atoms with E-state index in [1.54, 1.807) is 0 Å². The minimum absolute atomic E-state index is 0.0463. The first-order chi connectivity index (χ1) is 14.7. The van der Waals surface area contributed by atoms with Gasteiger partial charge in [-0.1, -0.05) is 88.4 Å². The number of hydrogen-bond donors (Lipinski definition) is 0. The SMILES string of the molecule is CN1/C(=C\C=C\C2N(C)c3ccccc3C2(C)C)C(C)(C)c2c1ccc1ccccc21. The topological polar surface area (TPSA) is 6.48 Å². The Morgan fingerprint density at radius 2 is 1.52 bits per heavy atom. The molecule has 3 aromatic rings. The average Bonchev–Trinajstić information content (AvgIpc) is 3.08. The second kappa shape index (κ2) is 6.75. The summed E-state index contributed by atoms with van der Waals surface area (Å²) in [5.41, 5.74) is 6.88. The molecule has 0 fully saturated rings. The van der Waals surface area contributed by atoms with Gasteiger partial charge >= 0.3 is 0 Å². The number of rotatable bonds is 2. The molecule has 0 aromatic heterocycles. The van der Waals surface area contributed by atoms with Crippen LogP contribution in [0.2, 0.25) is 0 Å². The molecule has 0 saturated heterocycles. The van der Waals surface area contributed by atoms with E-state index in [9.17, 15) is 0 Å². The largest absolute Gasteiger partial charge is 0.367 e. The first-order valence-corrected chi connectivity index (χ1v) is 11.2. The van der Waals surface area contributed by atoms with Gasteiger partial charge in [0.1, 0.15) is 0 Å². The zero-order valence-corrected chi connectivity index (χ0v) is 19.5. The number of likely N-dealkylation sites (N-methyl/N-ethyl adjacent to an activating group) is 2. The molecule has 3 aromatic carbocycles. The van der Waals surface area contributed by atoms with Crippen molar-refractivity contribution in [2.75, 3.05) is 23.9 Å². The van der Waals surface area contributed by atoms with E-state index in [4.69, 9.17) is 0 Å². The molecule has 5 rings (SSSR count). The van der Waals surface area contributed by atoms with Crippen LogP contribution in [0.4, 0.5) is 11.4 Å². The quantitative estimate of drug-likeness (QED) is 0.460. The second-order valence-electron chi connectivity index (χ2n) is 10.1. The second-order valence-corrected chi connectivity index (χ2v) is 10.1. The highest BCUT2D eigenvalue weighted by molar-refractivity contribution is 5.94. The fraction of sp³-hybridized carbons (Fsp3) is 0.310. The molecule has 0 radical (unpaired) electrons. The molecule has 2 heterocycles. The highest BCUT2D eigenvalue weighted by Crippen LogP contribution is 2.50. The van der Waals surface area contributed by atoms with E-state index in [1.807, 2.05) is 0 Å². The minimum Gasteiger partial charge on any atom is -0.367 e. The molecule has 1 atom stereocenters. The molecular weight excluding hydrogens is 376 g/mol. The van der Waals surface area contributed by atoms with Gasteiger partial charge in [0.05, 0.1) is 6.04 Å². The number of benzene rings is 3. The van der Waals surface area contributed by atoms with E-state index in [0.717, 1.165) is 0 Å². The molecule has 0 N–H and O–H groups in total. The molecule has 2 aliphatic heterocycles. The molecule has 0 aliphatic carbocycles. The molecule has 0 bridgehead atoms. The summed E-state index contributed by atoms with van der Waals surface area (Å²) < 4.78 is 0. The maximum Gasteiger partial charge on any atom is 0.0565 e. The lowest BCUT2D eigenvalue weighted by molar-refractivity contribution is 0.488. The van der Waals surface area contributed by atoms with E-state index in [1.165, 1.54) is 39.0 Å². The molecule has 2 heteroatoms. The van der Waals surface area contributed by atoms with Gasteiger partial charge in [0.25, 0.3) is 0 Å². The Bertz CT molecular complexity index is 1230. The van der Waals surface area contributed by atoms with Gasteiger partial charge in [-0.05, 0) is 40.1 Å². The first kappa shape index (κ1) is 19.9. The van der Waals surface area contributed by atoms with Gasteiger partial charge in [0, 0.05) is 42.0 Å². The summed E-state index contributed by atoms with van der Waals surface area (Å²) in [5, 5.41) is 2.67. The van der Waals surface area contributed by atoms with Crippen LogP contribution < -0.4 is 9.80 Å². The van der Waals surface area contributed by atoms with Crippen molar-refractivity contribution in [2.24, 2.45) is 0 Å². The van der Waals surface area contributed by atoms with Crippen LogP contribution in [0.5, 0.6) is 0 Å². The summed E-state index contributed by atoms with van der Waals surface area (Å²) in [6.45, 7) is 9.40. The van der Waals surface area contributed by atoms with Crippen molar-refractivity contribution >= 4 is 22.1 Å². The molecule has 158 valence electrons. The maximum absolute atomic E-state index is 2.41. The Morgan fingerprint density at radius 3 is 2.29 bits per heavy atom. The Hall–Kier alpha value is -3.00. The molecular formula is C29H32N2. The van der Waals surface area contributed by atoms with E-state index in [-0.39, 0.29) is 10.8 Å². The predicted molar refractivity (Wildman–Crippen MR) is 134 cm³/mol. The highest BCUT2D eigenvalue weighted by Gasteiger charge is 2.42. The van der Waals surface area contributed by atoms with Gasteiger partial charge in [0.2, 0.25) is 0 Å². The van der Waals surface area contributed by atoms with Gasteiger partial charge < -0.3 is 9.80 Å². The van der Waals surface area contributed by atoms with Crippen molar-refractivity contribution in [2.45, 2.75) is 44.6 Å². The third-order valence-corrected chi connectivity index (χ3v) is 7.58. The van der Waals surface area contributed by atoms with Gasteiger partial charge in [-0.2, -0.15) is 0 Å². The van der Waals surface area contributed by atoms with Crippen LogP contribution in [0.1, 0.15) is 38.8 Å². The normalized spacial score (nSPS) is 22.5. The maximum atomic E-state index is 2.41. The van der Waals surface area contributed by atoms with E-state index in [2.05, 4.69) is 130 Å². The summed E-state index contributed by atoms with van der Waals surface area (Å²) in [7, 11) is 4.41. The third-order valence-electron chi connectivity index (χ3n) is 7.58. The van der Waals surface area contributed by atoms with Crippen molar-refractivity contribution < 1.29 is 0 Å². The smallest absolute Gasteiger partial charge is 0.0565 e. The molecule has 2 aliphatic rings. The van der Waals surface area contributed by atoms with Crippen molar-refractivity contribution in [3.8, 4) is 0 Å². The Labute approximate surface area is 186 Å². The molecule has 0 saturated carbocycles. The van der Waals surface area contributed by atoms with E-state index in [0.29, 0.717) is 6.04 Å². The Kier molecular flexibility index (Phi) is 4.34. The van der Waals surface area contributed by atoms with E-state index >= 15 is 0 Å². The lowest BCUT2D eigenvalue weighted by Crippen LogP contribution is -2.37. The highest BCUT2D eigenvalue weighted by atomic mass is 15.2. The van der Waals surface area contributed by atoms with Crippen molar-refractivity contribution in [1.29, 1.82) is 0 Å². The van der Waals surface area contributed by atoms with Gasteiger partial charge in [-0.3, -0.25) is 0 Å². The lowest BCUT2D eigenvalue weighted by Gasteiger charge is -2.30. The standard InChI is InChI=1S/C29H32N2/c1-28(2)22-14-9-10-15-23(22)30(5)25(28)16-11-17-26-29(3,4)27-21-13-8-7-12-20(21)18-19-24(27)31(26)6/h7-19,25H,1-6H3/b16-11+,26-17-. The number of nitrogens with zero attached hydrogens (tertiary/aromatic N) is 2. The molecule has 1 unspecified atom stereocenters. The van der Waals surface area contributed by atoms with Crippen molar-refractivity contribution in [3.05, 3.63) is 95.7 Å². The average molecular weight is 409 g/mol. The zero-order chi connectivity index (χ0) is 22.0. The fourth-order valence-electron chi connectivity index (χ4n) is 5.93. The summed E-state index contributed by atoms with van der Waals surface area (Å²) >= 11 is 0. The minimum atomic E-state index is -0.0463. The van der Waals surface area contributed by atoms with Crippen LogP contribution in [0.15, 0.2) is 84.6 Å². The number of allylic oxidation sites excluding steroid dienone is 3. The van der Waals surface area contributed by atoms with Crippen LogP contribution >= 0.6 is 0 Å². The summed E-state index contributed by atoms with van der Waals surface area (Å²) in [6.07, 6.45) is 6.97. The van der Waals surface area contributed by atoms with Crippen LogP contribution in [0.3, 0.4) is 0 Å². The van der Waals surface area contributed by atoms with Gasteiger partial charge in [0.15, 0.2) is 0 Å². The van der Waals surface area contributed by atoms with Gasteiger partial charge in [-0.15, -0.1) is 0 Å². The molecule has 31 heavy (non-hydrogen) atoms. The number of para-hydroxylation sites is 1. The van der Waals surface area contributed by atoms with Gasteiger partial charge in [-0.25, -0.2) is 0 Å². The first-order valence-electron chi connectivity index (χ1n) is 11.2. The fourth-order valence-corrected chi connectivity index (χ4v) is 5.93. The summed E-state index contributed by atoms with van der Waals surface area (Å²) in [6, 6.07) is 22.4. The van der Waals surface area contributed by atoms with Crippen LogP contribution in [0, 0.1) is 0 Å². The van der Waals surface area contributed by atoms with Crippen LogP contribution in [0.25, 0.3) is 10.8 Å². The molecule has 0 amide bonds. The number of fused-ring (bicyclic) bond motifs is 4. The molecule has 2 nitrogen and oxygen atoms in total. The summed E-state index contributed by atoms with van der Waals surface area (Å²) in [5.74, 6) is 0. The lowest BCUT2D eigenvalue weighted by atomic mass is 9.80. The van der Waals surface area contributed by atoms with Crippen LogP contribution in [-0.2, 0) is 10.8 Å². The summed E-state index contributed by atoms with van der Waals surface area (Å²) in [4.78, 5) is 4.78. The Morgan fingerprint density at radius 1 is 0.806 bits per heavy atom. The van der Waals surface area contributed by atoms with Crippen molar-refractivity contribution in [1.82, 2.24) is 0 Å².